The van der Waals surface area contributed by atoms with Gasteiger partial charge in [0.2, 0.25) is 5.82 Å². The van der Waals surface area contributed by atoms with Gasteiger partial charge in [-0.25, -0.2) is 4.98 Å². The summed E-state index contributed by atoms with van der Waals surface area (Å²) in [4.78, 5) is 33.8. The van der Waals surface area contributed by atoms with Crippen LogP contribution in [0, 0.1) is 6.92 Å². The highest BCUT2D eigenvalue weighted by molar-refractivity contribution is 5.94. The van der Waals surface area contributed by atoms with Gasteiger partial charge in [-0.15, -0.1) is 10.2 Å². The number of aromatic amines is 1. The van der Waals surface area contributed by atoms with Crippen molar-refractivity contribution in [1.82, 2.24) is 35.1 Å². The second-order valence-electron chi connectivity index (χ2n) is 11.1. The van der Waals surface area contributed by atoms with Crippen molar-refractivity contribution in [3.8, 4) is 22.5 Å². The van der Waals surface area contributed by atoms with E-state index in [2.05, 4.69) is 51.8 Å². The molecular weight excluding hydrogens is 538 g/mol. The molecule has 2 aromatic heterocycles. The van der Waals surface area contributed by atoms with E-state index < -0.39 is 0 Å². The van der Waals surface area contributed by atoms with Crippen molar-refractivity contribution in [2.45, 2.75) is 52.5 Å². The minimum atomic E-state index is -0.0289. The molecule has 5 aromatic rings. The lowest BCUT2D eigenvalue weighted by Crippen LogP contribution is -2.30. The zero-order chi connectivity index (χ0) is 29.8. The number of carbonyl (C=O) groups is 1. The van der Waals surface area contributed by atoms with Crippen molar-refractivity contribution in [3.63, 3.8) is 0 Å². The average Bonchev–Trinajstić information content (AvgIpc) is 3.77. The number of nitrogens with one attached hydrogen (secondary N) is 1. The number of tetrazole rings is 1. The van der Waals surface area contributed by atoms with Gasteiger partial charge in [0.25, 0.3) is 11.5 Å². The Bertz CT molecular complexity index is 1790. The van der Waals surface area contributed by atoms with Crippen LogP contribution in [0.1, 0.15) is 64.8 Å². The van der Waals surface area contributed by atoms with Crippen molar-refractivity contribution in [2.24, 2.45) is 0 Å². The van der Waals surface area contributed by atoms with Gasteiger partial charge in [0, 0.05) is 48.3 Å². The van der Waals surface area contributed by atoms with Crippen molar-refractivity contribution < 1.29 is 4.79 Å². The van der Waals surface area contributed by atoms with Crippen LogP contribution in [0.3, 0.4) is 0 Å². The topological polar surface area (TPSA) is 110 Å². The number of H-pyrrole nitrogens is 1. The fourth-order valence-corrected chi connectivity index (χ4v) is 5.84. The third-order valence-electron chi connectivity index (χ3n) is 8.09. The first-order chi connectivity index (χ1) is 21.0. The zero-order valence-corrected chi connectivity index (χ0v) is 24.6. The van der Waals surface area contributed by atoms with Crippen molar-refractivity contribution >= 4 is 5.91 Å². The number of likely N-dealkylation sites (tertiary alicyclic amines) is 1. The number of aromatic nitrogens is 6. The summed E-state index contributed by atoms with van der Waals surface area (Å²) in [6.45, 7) is 6.05. The molecule has 3 heterocycles. The summed E-state index contributed by atoms with van der Waals surface area (Å²) in [5.74, 6) is 1.39. The van der Waals surface area contributed by atoms with Gasteiger partial charge < -0.3 is 4.90 Å². The first-order valence-corrected chi connectivity index (χ1v) is 14.9. The van der Waals surface area contributed by atoms with Gasteiger partial charge in [0.1, 0.15) is 5.82 Å². The van der Waals surface area contributed by atoms with Gasteiger partial charge in [-0.05, 0) is 65.8 Å². The summed E-state index contributed by atoms with van der Waals surface area (Å²) in [5.41, 5.74) is 6.92. The van der Waals surface area contributed by atoms with Crippen LogP contribution in [0.4, 0.5) is 0 Å². The zero-order valence-electron chi connectivity index (χ0n) is 24.6. The van der Waals surface area contributed by atoms with E-state index in [9.17, 15) is 9.59 Å². The maximum absolute atomic E-state index is 14.0. The Labute approximate surface area is 250 Å². The number of benzene rings is 3. The molecular formula is C34H35N7O2. The van der Waals surface area contributed by atoms with E-state index in [1.807, 2.05) is 64.9 Å². The fourth-order valence-electron chi connectivity index (χ4n) is 5.84. The van der Waals surface area contributed by atoms with E-state index in [1.54, 1.807) is 0 Å². The van der Waals surface area contributed by atoms with E-state index in [0.717, 1.165) is 71.7 Å². The molecule has 6 rings (SSSR count). The summed E-state index contributed by atoms with van der Waals surface area (Å²) >= 11 is 0. The summed E-state index contributed by atoms with van der Waals surface area (Å²) < 4.78 is 1.81. The standard InChI is InChI=1S/C34H35N7O2/c1-3-9-31-35-23(2)30(21-25-10-8-11-27(20-25)33(42)40-18-6-7-19-40)34(43)41(31)22-24-14-16-26(17-15-24)28-12-4-5-13-29(28)32-36-38-39-37-32/h4-5,8,10-17,20H,3,6-7,9,18-19,21-22H2,1-2H3,(H,36,37,38,39). The number of hydrogen-bond acceptors (Lipinski definition) is 6. The highest BCUT2D eigenvalue weighted by Crippen LogP contribution is 2.30. The molecule has 0 radical (unpaired) electrons. The summed E-state index contributed by atoms with van der Waals surface area (Å²) in [6, 6.07) is 23.9. The van der Waals surface area contributed by atoms with Gasteiger partial charge >= 0.3 is 0 Å². The second kappa shape index (κ2) is 12.5. The summed E-state index contributed by atoms with van der Waals surface area (Å²) in [5, 5.41) is 14.5. The highest BCUT2D eigenvalue weighted by Gasteiger charge is 2.21. The molecule has 9 nitrogen and oxygen atoms in total. The maximum atomic E-state index is 14.0. The number of carbonyl (C=O) groups excluding carboxylic acids is 1. The molecule has 0 bridgehead atoms. The number of nitrogens with zero attached hydrogens (tertiary/aromatic N) is 6. The Kier molecular flexibility index (Phi) is 8.22. The number of hydrogen-bond donors (Lipinski definition) is 1. The Hall–Kier alpha value is -4.92. The predicted molar refractivity (Wildman–Crippen MR) is 166 cm³/mol. The normalized spacial score (nSPS) is 13.0. The Morgan fingerprint density at radius 3 is 2.42 bits per heavy atom. The van der Waals surface area contributed by atoms with Crippen molar-refractivity contribution in [3.05, 3.63) is 117 Å². The average molecular weight is 574 g/mol. The third kappa shape index (κ3) is 6.02. The molecule has 0 spiro atoms. The SMILES string of the molecule is CCCc1nc(C)c(Cc2cccc(C(=O)N3CCCC3)c2)c(=O)n1Cc1ccc(-c2ccccc2-c2nn[nH]n2)cc1. The van der Waals surface area contributed by atoms with Gasteiger partial charge in [-0.3, -0.25) is 14.2 Å². The molecule has 1 aliphatic heterocycles. The van der Waals surface area contributed by atoms with Crippen molar-refractivity contribution in [1.29, 1.82) is 0 Å². The predicted octanol–water partition coefficient (Wildman–Crippen LogP) is 5.23. The van der Waals surface area contributed by atoms with E-state index in [-0.39, 0.29) is 11.5 Å². The Balaban J connectivity index is 1.28. The highest BCUT2D eigenvalue weighted by atomic mass is 16.2. The quantitative estimate of drug-likeness (QED) is 0.259. The smallest absolute Gasteiger partial charge is 0.257 e. The molecule has 0 unspecified atom stereocenters. The minimum absolute atomic E-state index is 0.0289. The molecule has 0 aliphatic carbocycles. The molecule has 1 amide bonds. The van der Waals surface area contributed by atoms with Gasteiger partial charge in [-0.1, -0.05) is 67.6 Å². The van der Waals surface area contributed by atoms with Gasteiger partial charge in [-0.2, -0.15) is 5.21 Å². The lowest BCUT2D eigenvalue weighted by molar-refractivity contribution is 0.0792. The van der Waals surface area contributed by atoms with Crippen molar-refractivity contribution in [2.75, 3.05) is 13.1 Å². The second-order valence-corrected chi connectivity index (χ2v) is 11.1. The van der Waals surface area contributed by atoms with Crippen LogP contribution in [0.5, 0.6) is 0 Å². The first-order valence-electron chi connectivity index (χ1n) is 14.9. The molecule has 1 saturated heterocycles. The molecule has 1 aliphatic rings. The van der Waals surface area contributed by atoms with Crippen LogP contribution in [-0.4, -0.2) is 54.1 Å². The van der Waals surface area contributed by atoms with Crippen LogP contribution in [0.25, 0.3) is 22.5 Å². The molecule has 1 fully saturated rings. The lowest BCUT2D eigenvalue weighted by atomic mass is 9.98. The van der Waals surface area contributed by atoms with Gasteiger partial charge in [0.15, 0.2) is 0 Å². The summed E-state index contributed by atoms with van der Waals surface area (Å²) in [6.07, 6.45) is 4.13. The van der Waals surface area contributed by atoms with Gasteiger partial charge in [0.05, 0.1) is 6.54 Å². The van der Waals surface area contributed by atoms with E-state index in [1.165, 1.54) is 0 Å². The number of amides is 1. The first kappa shape index (κ1) is 28.2. The number of aryl methyl sites for hydroxylation is 2. The van der Waals surface area contributed by atoms with E-state index in [4.69, 9.17) is 4.98 Å². The molecule has 0 atom stereocenters. The molecule has 43 heavy (non-hydrogen) atoms. The number of rotatable bonds is 9. The van der Waals surface area contributed by atoms with Crippen LogP contribution in [0.15, 0.2) is 77.6 Å². The lowest BCUT2D eigenvalue weighted by Gasteiger charge is -2.17. The van der Waals surface area contributed by atoms with E-state index in [0.29, 0.717) is 36.3 Å². The van der Waals surface area contributed by atoms with Crippen LogP contribution < -0.4 is 5.56 Å². The largest absolute Gasteiger partial charge is 0.339 e. The van der Waals surface area contributed by atoms with E-state index >= 15 is 0 Å². The molecule has 3 aromatic carbocycles. The summed E-state index contributed by atoms with van der Waals surface area (Å²) in [7, 11) is 0. The third-order valence-corrected chi connectivity index (χ3v) is 8.09. The van der Waals surface area contributed by atoms with Crippen LogP contribution in [0.2, 0.25) is 0 Å². The molecule has 9 heteroatoms. The minimum Gasteiger partial charge on any atom is -0.339 e. The Morgan fingerprint density at radius 1 is 0.930 bits per heavy atom. The molecule has 0 saturated carbocycles. The Morgan fingerprint density at radius 2 is 1.70 bits per heavy atom. The van der Waals surface area contributed by atoms with Crippen LogP contribution in [-0.2, 0) is 19.4 Å². The fraction of sp³-hybridized carbons (Fsp3) is 0.294. The maximum Gasteiger partial charge on any atom is 0.257 e. The molecule has 1 N–H and O–H groups in total. The molecule has 218 valence electrons. The monoisotopic (exact) mass is 573 g/mol. The van der Waals surface area contributed by atoms with Crippen LogP contribution >= 0.6 is 0 Å².